The van der Waals surface area contributed by atoms with Gasteiger partial charge in [0.2, 0.25) is 10.0 Å². The van der Waals surface area contributed by atoms with Crippen molar-refractivity contribution >= 4 is 10.0 Å². The molecule has 2 aliphatic rings. The maximum absolute atomic E-state index is 13.0. The quantitative estimate of drug-likeness (QED) is 0.885. The van der Waals surface area contributed by atoms with Crippen molar-refractivity contribution in [3.8, 4) is 0 Å². The van der Waals surface area contributed by atoms with E-state index in [4.69, 9.17) is 4.98 Å². The predicted molar refractivity (Wildman–Crippen MR) is 94.6 cm³/mol. The molecule has 3 heterocycles. The molecule has 4 rings (SSSR count). The van der Waals surface area contributed by atoms with Crippen LogP contribution in [-0.4, -0.2) is 42.3 Å². The van der Waals surface area contributed by atoms with Gasteiger partial charge in [-0.1, -0.05) is 0 Å². The number of hydrogen-bond donors (Lipinski definition) is 1. The molecule has 0 bridgehead atoms. The molecule has 6 nitrogen and oxygen atoms in total. The van der Waals surface area contributed by atoms with Crippen LogP contribution < -0.4 is 5.32 Å². The first-order chi connectivity index (χ1) is 12.5. The van der Waals surface area contributed by atoms with Crippen LogP contribution in [0.3, 0.4) is 0 Å². The number of fused-ring (bicyclic) bond motifs is 1. The minimum absolute atomic E-state index is 0.134. The fourth-order valence-electron chi connectivity index (χ4n) is 3.56. The molecule has 138 valence electrons. The first-order valence-electron chi connectivity index (χ1n) is 8.85. The minimum Gasteiger partial charge on any atom is -0.312 e. The van der Waals surface area contributed by atoms with Crippen LogP contribution in [0.5, 0.6) is 0 Å². The molecule has 1 saturated heterocycles. The van der Waals surface area contributed by atoms with Crippen LogP contribution in [0.15, 0.2) is 35.4 Å². The Kier molecular flexibility index (Phi) is 4.73. The third-order valence-corrected chi connectivity index (χ3v) is 7.01. The zero-order valence-corrected chi connectivity index (χ0v) is 15.2. The number of sulfonamides is 1. The Morgan fingerprint density at radius 3 is 2.62 bits per heavy atom. The molecule has 1 N–H and O–H groups in total. The Morgan fingerprint density at radius 2 is 1.88 bits per heavy atom. The number of aromatic nitrogens is 2. The van der Waals surface area contributed by atoms with Gasteiger partial charge in [-0.15, -0.1) is 0 Å². The lowest BCUT2D eigenvalue weighted by atomic mass is 9.96. The predicted octanol–water partition coefficient (Wildman–Crippen LogP) is 1.83. The first-order valence-corrected chi connectivity index (χ1v) is 10.3. The van der Waals surface area contributed by atoms with E-state index in [0.717, 1.165) is 36.6 Å². The lowest BCUT2D eigenvalue weighted by Gasteiger charge is -2.31. The summed E-state index contributed by atoms with van der Waals surface area (Å²) in [6.45, 7) is 2.58. The SMILES string of the molecule is O=S(=O)(c1ccc(F)cc1)N1CCC(c2ncc3c(n2)CCNC3)CC1. The molecule has 0 radical (unpaired) electrons. The van der Waals surface area contributed by atoms with E-state index < -0.39 is 15.8 Å². The highest BCUT2D eigenvalue weighted by atomic mass is 32.2. The number of benzene rings is 1. The zero-order valence-electron chi connectivity index (χ0n) is 14.4. The van der Waals surface area contributed by atoms with E-state index in [0.29, 0.717) is 25.9 Å². The van der Waals surface area contributed by atoms with Crippen LogP contribution >= 0.6 is 0 Å². The van der Waals surface area contributed by atoms with Gasteiger partial charge in [0.25, 0.3) is 0 Å². The first kappa shape index (κ1) is 17.5. The minimum atomic E-state index is -3.58. The summed E-state index contributed by atoms with van der Waals surface area (Å²) < 4.78 is 39.9. The molecule has 1 aromatic heterocycles. The fourth-order valence-corrected chi connectivity index (χ4v) is 5.03. The van der Waals surface area contributed by atoms with Gasteiger partial charge in [-0.05, 0) is 37.1 Å². The fraction of sp³-hybridized carbons (Fsp3) is 0.444. The van der Waals surface area contributed by atoms with Gasteiger partial charge in [0, 0.05) is 56.0 Å². The van der Waals surface area contributed by atoms with Crippen molar-refractivity contribution in [1.82, 2.24) is 19.6 Å². The van der Waals surface area contributed by atoms with Gasteiger partial charge < -0.3 is 5.32 Å². The number of hydrogen-bond acceptors (Lipinski definition) is 5. The highest BCUT2D eigenvalue weighted by molar-refractivity contribution is 7.89. The third kappa shape index (κ3) is 3.36. The van der Waals surface area contributed by atoms with Crippen molar-refractivity contribution < 1.29 is 12.8 Å². The maximum Gasteiger partial charge on any atom is 0.243 e. The summed E-state index contributed by atoms with van der Waals surface area (Å²) in [7, 11) is -3.58. The molecule has 0 atom stereocenters. The summed E-state index contributed by atoms with van der Waals surface area (Å²) in [5.41, 5.74) is 2.26. The molecule has 0 unspecified atom stereocenters. The highest BCUT2D eigenvalue weighted by Gasteiger charge is 2.31. The second-order valence-electron chi connectivity index (χ2n) is 6.76. The number of nitrogens with zero attached hydrogens (tertiary/aromatic N) is 3. The molecule has 0 saturated carbocycles. The van der Waals surface area contributed by atoms with Gasteiger partial charge in [-0.25, -0.2) is 22.8 Å². The van der Waals surface area contributed by atoms with Crippen LogP contribution in [0, 0.1) is 5.82 Å². The smallest absolute Gasteiger partial charge is 0.243 e. The molecule has 26 heavy (non-hydrogen) atoms. The van der Waals surface area contributed by atoms with E-state index in [-0.39, 0.29) is 10.8 Å². The summed E-state index contributed by atoms with van der Waals surface area (Å²) in [5.74, 6) is 0.557. The zero-order chi connectivity index (χ0) is 18.1. The molecule has 0 amide bonds. The average molecular weight is 376 g/mol. The Morgan fingerprint density at radius 1 is 1.15 bits per heavy atom. The number of piperidine rings is 1. The lowest BCUT2D eigenvalue weighted by Crippen LogP contribution is -2.38. The average Bonchev–Trinajstić information content (AvgIpc) is 2.68. The molecular formula is C18H21FN4O2S. The van der Waals surface area contributed by atoms with E-state index in [2.05, 4.69) is 10.3 Å². The van der Waals surface area contributed by atoms with Gasteiger partial charge in [0.1, 0.15) is 11.6 Å². The molecule has 0 aliphatic carbocycles. The van der Waals surface area contributed by atoms with E-state index in [1.165, 1.54) is 28.6 Å². The summed E-state index contributed by atoms with van der Waals surface area (Å²) >= 11 is 0. The van der Waals surface area contributed by atoms with Gasteiger partial charge in [-0.3, -0.25) is 0 Å². The number of nitrogens with one attached hydrogen (secondary N) is 1. The van der Waals surface area contributed by atoms with Crippen LogP contribution in [0.4, 0.5) is 4.39 Å². The monoisotopic (exact) mass is 376 g/mol. The third-order valence-electron chi connectivity index (χ3n) is 5.10. The van der Waals surface area contributed by atoms with Crippen molar-refractivity contribution in [2.75, 3.05) is 19.6 Å². The summed E-state index contributed by atoms with van der Waals surface area (Å²) in [6.07, 6.45) is 4.18. The van der Waals surface area contributed by atoms with Gasteiger partial charge in [0.15, 0.2) is 0 Å². The van der Waals surface area contributed by atoms with Crippen molar-refractivity contribution in [2.24, 2.45) is 0 Å². The second kappa shape index (κ2) is 7.02. The molecule has 2 aliphatic heterocycles. The van der Waals surface area contributed by atoms with Gasteiger partial charge >= 0.3 is 0 Å². The summed E-state index contributed by atoms with van der Waals surface area (Å²) in [5, 5.41) is 3.30. The Labute approximate surface area is 152 Å². The van der Waals surface area contributed by atoms with E-state index in [1.54, 1.807) is 0 Å². The topological polar surface area (TPSA) is 75.2 Å². The van der Waals surface area contributed by atoms with Crippen LogP contribution in [-0.2, 0) is 23.0 Å². The molecule has 2 aromatic rings. The largest absolute Gasteiger partial charge is 0.312 e. The van der Waals surface area contributed by atoms with Crippen LogP contribution in [0.2, 0.25) is 0 Å². The van der Waals surface area contributed by atoms with Crippen LogP contribution in [0.25, 0.3) is 0 Å². The van der Waals surface area contributed by atoms with E-state index >= 15 is 0 Å². The van der Waals surface area contributed by atoms with Gasteiger partial charge in [-0.2, -0.15) is 4.31 Å². The van der Waals surface area contributed by atoms with E-state index in [1.807, 2.05) is 6.20 Å². The summed E-state index contributed by atoms with van der Waals surface area (Å²) in [6, 6.07) is 4.99. The molecule has 0 spiro atoms. The second-order valence-corrected chi connectivity index (χ2v) is 8.70. The molecule has 1 fully saturated rings. The Hall–Kier alpha value is -1.90. The van der Waals surface area contributed by atoms with Crippen LogP contribution in [0.1, 0.15) is 35.8 Å². The number of halogens is 1. The van der Waals surface area contributed by atoms with Crippen molar-refractivity contribution in [3.05, 3.63) is 53.4 Å². The summed E-state index contributed by atoms with van der Waals surface area (Å²) in [4.78, 5) is 9.38. The maximum atomic E-state index is 13.0. The Bertz CT molecular complexity index is 894. The highest BCUT2D eigenvalue weighted by Crippen LogP contribution is 2.29. The lowest BCUT2D eigenvalue weighted by molar-refractivity contribution is 0.313. The van der Waals surface area contributed by atoms with Crippen molar-refractivity contribution in [3.63, 3.8) is 0 Å². The molecule has 8 heteroatoms. The van der Waals surface area contributed by atoms with Crippen molar-refractivity contribution in [2.45, 2.75) is 36.6 Å². The Balaban J connectivity index is 1.46. The molecular weight excluding hydrogens is 355 g/mol. The number of rotatable bonds is 3. The van der Waals surface area contributed by atoms with Gasteiger partial charge in [0.05, 0.1) is 4.90 Å². The normalized spacial score (nSPS) is 19.3. The molecule has 1 aromatic carbocycles. The standard InChI is InChI=1S/C18H21FN4O2S/c19-15-1-3-16(4-2-15)26(24,25)23-9-6-13(7-10-23)18-21-12-14-11-20-8-5-17(14)22-18/h1-4,12-13,20H,5-11H2. The van der Waals surface area contributed by atoms with Crippen molar-refractivity contribution in [1.29, 1.82) is 0 Å². The van der Waals surface area contributed by atoms with E-state index in [9.17, 15) is 12.8 Å².